The minimum Gasteiger partial charge on any atom is -0.355 e. The van der Waals surface area contributed by atoms with Crippen molar-refractivity contribution < 1.29 is 9.18 Å². The molecular formula is C14H18FNO. The second-order valence-electron chi connectivity index (χ2n) is 4.70. The van der Waals surface area contributed by atoms with Crippen LogP contribution in [0.1, 0.15) is 38.2 Å². The van der Waals surface area contributed by atoms with Gasteiger partial charge >= 0.3 is 0 Å². The molecule has 17 heavy (non-hydrogen) atoms. The van der Waals surface area contributed by atoms with E-state index < -0.39 is 5.41 Å². The molecule has 3 heteroatoms. The maximum atomic E-state index is 12.9. The van der Waals surface area contributed by atoms with Crippen LogP contribution in [0.5, 0.6) is 0 Å². The molecule has 0 spiro atoms. The third-order valence-electron chi connectivity index (χ3n) is 3.57. The van der Waals surface area contributed by atoms with Crippen LogP contribution in [-0.2, 0) is 10.2 Å². The van der Waals surface area contributed by atoms with Crippen molar-refractivity contribution in [3.63, 3.8) is 0 Å². The summed E-state index contributed by atoms with van der Waals surface area (Å²) in [5, 5.41) is 2.96. The third-order valence-corrected chi connectivity index (χ3v) is 3.57. The molecule has 0 atom stereocenters. The van der Waals surface area contributed by atoms with E-state index in [2.05, 4.69) is 5.32 Å². The van der Waals surface area contributed by atoms with E-state index in [1.807, 2.05) is 6.92 Å². The van der Waals surface area contributed by atoms with Crippen LogP contribution in [-0.4, -0.2) is 12.5 Å². The Hall–Kier alpha value is -1.38. The Bertz CT molecular complexity index is 395. The molecule has 2 rings (SSSR count). The summed E-state index contributed by atoms with van der Waals surface area (Å²) in [6.07, 6.45) is 3.74. The molecular weight excluding hydrogens is 217 g/mol. The van der Waals surface area contributed by atoms with E-state index in [-0.39, 0.29) is 11.7 Å². The molecule has 0 heterocycles. The Morgan fingerprint density at radius 3 is 2.47 bits per heavy atom. The van der Waals surface area contributed by atoms with Gasteiger partial charge in [-0.1, -0.05) is 25.5 Å². The summed E-state index contributed by atoms with van der Waals surface area (Å²) >= 11 is 0. The fourth-order valence-corrected chi connectivity index (χ4v) is 2.35. The van der Waals surface area contributed by atoms with Crippen molar-refractivity contribution in [3.8, 4) is 0 Å². The SMILES string of the molecule is CCCNC(=O)C1(c2ccc(F)cc2)CCC1. The van der Waals surface area contributed by atoms with Crippen LogP contribution in [0.25, 0.3) is 0 Å². The maximum absolute atomic E-state index is 12.9. The molecule has 2 nitrogen and oxygen atoms in total. The molecule has 1 aromatic carbocycles. The van der Waals surface area contributed by atoms with Crippen LogP contribution < -0.4 is 5.32 Å². The highest BCUT2D eigenvalue weighted by molar-refractivity contribution is 5.89. The van der Waals surface area contributed by atoms with Crippen LogP contribution in [0.2, 0.25) is 0 Å². The van der Waals surface area contributed by atoms with Crippen LogP contribution in [0.3, 0.4) is 0 Å². The first-order valence-corrected chi connectivity index (χ1v) is 6.23. The van der Waals surface area contributed by atoms with Crippen LogP contribution in [0, 0.1) is 5.82 Å². The molecule has 0 saturated heterocycles. The highest BCUT2D eigenvalue weighted by Gasteiger charge is 2.45. The second kappa shape index (κ2) is 4.86. The van der Waals surface area contributed by atoms with Crippen molar-refractivity contribution in [2.45, 2.75) is 38.0 Å². The number of carbonyl (C=O) groups excluding carboxylic acids is 1. The predicted octanol–water partition coefficient (Wildman–Crippen LogP) is 2.77. The van der Waals surface area contributed by atoms with Gasteiger partial charge in [0.05, 0.1) is 5.41 Å². The van der Waals surface area contributed by atoms with E-state index >= 15 is 0 Å². The molecule has 1 amide bonds. The lowest BCUT2D eigenvalue weighted by atomic mass is 9.64. The quantitative estimate of drug-likeness (QED) is 0.854. The lowest BCUT2D eigenvalue weighted by molar-refractivity contribution is -0.129. The average Bonchev–Trinajstić information content (AvgIpc) is 2.27. The third kappa shape index (κ3) is 2.19. The zero-order valence-electron chi connectivity index (χ0n) is 10.1. The zero-order valence-corrected chi connectivity index (χ0v) is 10.1. The van der Waals surface area contributed by atoms with Gasteiger partial charge in [-0.15, -0.1) is 0 Å². The maximum Gasteiger partial charge on any atom is 0.230 e. The van der Waals surface area contributed by atoms with Crippen molar-refractivity contribution >= 4 is 5.91 Å². The molecule has 92 valence electrons. The van der Waals surface area contributed by atoms with Crippen molar-refractivity contribution in [2.75, 3.05) is 6.54 Å². The smallest absolute Gasteiger partial charge is 0.230 e. The van der Waals surface area contributed by atoms with E-state index in [4.69, 9.17) is 0 Å². The summed E-state index contributed by atoms with van der Waals surface area (Å²) in [6.45, 7) is 2.74. The lowest BCUT2D eigenvalue weighted by Gasteiger charge is -2.40. The number of carbonyl (C=O) groups is 1. The summed E-state index contributed by atoms with van der Waals surface area (Å²) in [5.41, 5.74) is 0.543. The van der Waals surface area contributed by atoms with Gasteiger partial charge in [0.25, 0.3) is 0 Å². The van der Waals surface area contributed by atoms with Crippen LogP contribution >= 0.6 is 0 Å². The highest BCUT2D eigenvalue weighted by Crippen LogP contribution is 2.43. The molecule has 0 bridgehead atoms. The van der Waals surface area contributed by atoms with Gasteiger partial charge in [0.15, 0.2) is 0 Å². The summed E-state index contributed by atoms with van der Waals surface area (Å²) in [5.74, 6) is -0.158. The van der Waals surface area contributed by atoms with Crippen molar-refractivity contribution in [2.24, 2.45) is 0 Å². The number of rotatable bonds is 4. The first-order chi connectivity index (χ1) is 8.19. The minimum absolute atomic E-state index is 0.0946. The van der Waals surface area contributed by atoms with Gasteiger partial charge in [0.2, 0.25) is 5.91 Å². The largest absolute Gasteiger partial charge is 0.355 e. The molecule has 1 aliphatic rings. The Morgan fingerprint density at radius 1 is 1.35 bits per heavy atom. The van der Waals surface area contributed by atoms with E-state index in [1.165, 1.54) is 12.1 Å². The second-order valence-corrected chi connectivity index (χ2v) is 4.70. The zero-order chi connectivity index (χ0) is 12.3. The topological polar surface area (TPSA) is 29.1 Å². The molecule has 1 aliphatic carbocycles. The molecule has 0 radical (unpaired) electrons. The van der Waals surface area contributed by atoms with Gasteiger partial charge in [-0.05, 0) is 37.0 Å². The molecule has 0 aromatic heterocycles. The Morgan fingerprint density at radius 2 is 2.00 bits per heavy atom. The molecule has 1 fully saturated rings. The minimum atomic E-state index is -0.400. The first-order valence-electron chi connectivity index (χ1n) is 6.23. The van der Waals surface area contributed by atoms with Gasteiger partial charge in [-0.25, -0.2) is 4.39 Å². The van der Waals surface area contributed by atoms with E-state index in [9.17, 15) is 9.18 Å². The van der Waals surface area contributed by atoms with E-state index in [0.29, 0.717) is 6.54 Å². The normalized spacial score (nSPS) is 17.3. The Kier molecular flexibility index (Phi) is 3.46. The molecule has 0 aliphatic heterocycles. The lowest BCUT2D eigenvalue weighted by Crippen LogP contribution is -2.49. The molecule has 1 saturated carbocycles. The van der Waals surface area contributed by atoms with Gasteiger partial charge in [-0.2, -0.15) is 0 Å². The standard InChI is InChI=1S/C14H18FNO/c1-2-10-16-13(17)14(8-3-9-14)11-4-6-12(15)7-5-11/h4-7H,2-3,8-10H2,1H3,(H,16,17). The number of hydrogen-bond acceptors (Lipinski definition) is 1. The number of hydrogen-bond donors (Lipinski definition) is 1. The average molecular weight is 235 g/mol. The van der Waals surface area contributed by atoms with Crippen LogP contribution in [0.15, 0.2) is 24.3 Å². The monoisotopic (exact) mass is 235 g/mol. The Labute approximate surface area is 101 Å². The molecule has 0 unspecified atom stereocenters. The summed E-state index contributed by atoms with van der Waals surface area (Å²) in [4.78, 5) is 12.2. The Balaban J connectivity index is 2.19. The van der Waals surface area contributed by atoms with Crippen molar-refractivity contribution in [3.05, 3.63) is 35.6 Å². The summed E-state index contributed by atoms with van der Waals surface area (Å²) in [7, 11) is 0. The fourth-order valence-electron chi connectivity index (χ4n) is 2.35. The fraction of sp³-hybridized carbons (Fsp3) is 0.500. The number of benzene rings is 1. The summed E-state index contributed by atoms with van der Waals surface area (Å²) < 4.78 is 12.9. The van der Waals surface area contributed by atoms with E-state index in [0.717, 1.165) is 31.2 Å². The van der Waals surface area contributed by atoms with Crippen molar-refractivity contribution in [1.29, 1.82) is 0 Å². The molecule has 1 aromatic rings. The molecule has 1 N–H and O–H groups in total. The first kappa shape index (κ1) is 12.1. The summed E-state index contributed by atoms with van der Waals surface area (Å²) in [6, 6.07) is 6.34. The highest BCUT2D eigenvalue weighted by atomic mass is 19.1. The van der Waals surface area contributed by atoms with Crippen molar-refractivity contribution in [1.82, 2.24) is 5.32 Å². The van der Waals surface area contributed by atoms with Gasteiger partial charge < -0.3 is 5.32 Å². The number of halogens is 1. The van der Waals surface area contributed by atoms with Gasteiger partial charge in [0, 0.05) is 6.54 Å². The van der Waals surface area contributed by atoms with Crippen LogP contribution in [0.4, 0.5) is 4.39 Å². The van der Waals surface area contributed by atoms with Gasteiger partial charge in [-0.3, -0.25) is 4.79 Å². The predicted molar refractivity (Wildman–Crippen MR) is 65.2 cm³/mol. The number of nitrogens with one attached hydrogen (secondary N) is 1. The number of amides is 1. The van der Waals surface area contributed by atoms with Gasteiger partial charge in [0.1, 0.15) is 5.82 Å². The van der Waals surface area contributed by atoms with E-state index in [1.54, 1.807) is 12.1 Å².